The zero-order chi connectivity index (χ0) is 20.1. The van der Waals surface area contributed by atoms with Crippen molar-refractivity contribution in [3.63, 3.8) is 0 Å². The van der Waals surface area contributed by atoms with Crippen LogP contribution in [0.1, 0.15) is 11.1 Å². The molecular formula is C18H18Br4O5. The van der Waals surface area contributed by atoms with Crippen LogP contribution in [0.3, 0.4) is 0 Å². The molecule has 5 nitrogen and oxygen atoms in total. The molecule has 0 radical (unpaired) electrons. The highest BCUT2D eigenvalue weighted by molar-refractivity contribution is 9.13. The van der Waals surface area contributed by atoms with Gasteiger partial charge in [0, 0.05) is 8.95 Å². The second kappa shape index (κ2) is 10.3. The minimum atomic E-state index is 0.373. The van der Waals surface area contributed by atoms with Crippen molar-refractivity contribution in [3.05, 3.63) is 41.2 Å². The summed E-state index contributed by atoms with van der Waals surface area (Å²) in [5.74, 6) is 2.50. The second-order valence-electron chi connectivity index (χ2n) is 5.29. The van der Waals surface area contributed by atoms with Crippen molar-refractivity contribution in [1.29, 1.82) is 0 Å². The number of hydrogen-bond acceptors (Lipinski definition) is 5. The highest BCUT2D eigenvalue weighted by atomic mass is 79.9. The predicted octanol–water partition coefficient (Wildman–Crippen LogP) is 6.49. The molecule has 148 valence electrons. The van der Waals surface area contributed by atoms with Crippen LogP contribution < -0.4 is 18.9 Å². The van der Waals surface area contributed by atoms with Crippen LogP contribution in [0, 0.1) is 0 Å². The molecule has 0 heterocycles. The molecule has 0 aliphatic heterocycles. The van der Waals surface area contributed by atoms with Crippen molar-refractivity contribution in [2.75, 3.05) is 28.4 Å². The van der Waals surface area contributed by atoms with Crippen molar-refractivity contribution < 1.29 is 23.7 Å². The molecule has 0 spiro atoms. The number of benzene rings is 2. The monoisotopic (exact) mass is 630 g/mol. The smallest absolute Gasteiger partial charge is 0.176 e. The molecule has 0 atom stereocenters. The Labute approximate surface area is 192 Å². The highest BCUT2D eigenvalue weighted by Crippen LogP contribution is 2.44. The molecule has 0 aliphatic carbocycles. The lowest BCUT2D eigenvalue weighted by Gasteiger charge is -2.16. The van der Waals surface area contributed by atoms with Gasteiger partial charge in [-0.2, -0.15) is 0 Å². The fourth-order valence-electron chi connectivity index (χ4n) is 2.44. The maximum absolute atomic E-state index is 5.93. The van der Waals surface area contributed by atoms with Crippen LogP contribution in [0.5, 0.6) is 23.0 Å². The van der Waals surface area contributed by atoms with Gasteiger partial charge in [0.05, 0.1) is 50.6 Å². The van der Waals surface area contributed by atoms with Crippen molar-refractivity contribution >= 4 is 63.7 Å². The normalized spacial score (nSPS) is 10.7. The number of hydrogen-bond donors (Lipinski definition) is 0. The van der Waals surface area contributed by atoms with E-state index < -0.39 is 0 Å². The maximum atomic E-state index is 5.93. The summed E-state index contributed by atoms with van der Waals surface area (Å²) in [5, 5.41) is 0. The zero-order valence-corrected chi connectivity index (χ0v) is 21.5. The topological polar surface area (TPSA) is 46.2 Å². The van der Waals surface area contributed by atoms with Crippen molar-refractivity contribution in [2.45, 2.75) is 13.2 Å². The number of methoxy groups -OCH3 is 4. The summed E-state index contributed by atoms with van der Waals surface area (Å²) in [5.41, 5.74) is 1.85. The highest BCUT2D eigenvalue weighted by Gasteiger charge is 2.18. The summed E-state index contributed by atoms with van der Waals surface area (Å²) >= 11 is 14.2. The molecule has 0 aliphatic rings. The first-order chi connectivity index (χ1) is 12.9. The van der Waals surface area contributed by atoms with Crippen molar-refractivity contribution in [3.8, 4) is 23.0 Å². The standard InChI is InChI=1S/C18H18Br4O5/c1-23-11-5-9(13(19)15(21)17(11)25-3)7-27-8-10-6-12(24-2)18(26-4)16(22)14(10)20/h5-6H,7-8H2,1-4H3. The number of halogens is 4. The summed E-state index contributed by atoms with van der Waals surface area (Å²) in [6.07, 6.45) is 0. The molecule has 0 bridgehead atoms. The molecule has 0 saturated carbocycles. The third-order valence-corrected chi connectivity index (χ3v) is 8.16. The molecule has 0 amide bonds. The van der Waals surface area contributed by atoms with E-state index in [4.69, 9.17) is 23.7 Å². The predicted molar refractivity (Wildman–Crippen MR) is 118 cm³/mol. The van der Waals surface area contributed by atoms with Gasteiger partial charge in [0.2, 0.25) is 0 Å². The summed E-state index contributed by atoms with van der Waals surface area (Å²) in [6.45, 7) is 0.746. The lowest BCUT2D eigenvalue weighted by molar-refractivity contribution is 0.106. The molecule has 2 aromatic carbocycles. The van der Waals surface area contributed by atoms with Gasteiger partial charge in [-0.25, -0.2) is 0 Å². The summed E-state index contributed by atoms with van der Waals surface area (Å²) in [6, 6.07) is 3.76. The third-order valence-electron chi connectivity index (χ3n) is 3.77. The van der Waals surface area contributed by atoms with E-state index in [1.54, 1.807) is 28.4 Å². The second-order valence-corrected chi connectivity index (χ2v) is 8.46. The van der Waals surface area contributed by atoms with Gasteiger partial charge in [0.15, 0.2) is 23.0 Å². The molecule has 9 heteroatoms. The van der Waals surface area contributed by atoms with Crippen molar-refractivity contribution in [2.24, 2.45) is 0 Å². The molecule has 0 saturated heterocycles. The van der Waals surface area contributed by atoms with E-state index in [1.165, 1.54) is 0 Å². The van der Waals surface area contributed by atoms with E-state index in [0.29, 0.717) is 36.2 Å². The Morgan fingerprint density at radius 2 is 0.963 bits per heavy atom. The molecule has 2 rings (SSSR count). The van der Waals surface area contributed by atoms with Gasteiger partial charge in [-0.1, -0.05) is 0 Å². The molecule has 0 N–H and O–H groups in total. The van der Waals surface area contributed by atoms with E-state index in [9.17, 15) is 0 Å². The van der Waals surface area contributed by atoms with Gasteiger partial charge in [-0.3, -0.25) is 0 Å². The summed E-state index contributed by atoms with van der Waals surface area (Å²) < 4.78 is 30.7. The van der Waals surface area contributed by atoms with Crippen LogP contribution >= 0.6 is 63.7 Å². The SMILES string of the molecule is COc1cc(COCc2cc(OC)c(OC)c(Br)c2Br)c(Br)c(Br)c1OC. The average molecular weight is 634 g/mol. The first-order valence-electron chi connectivity index (χ1n) is 7.64. The first kappa shape index (κ1) is 22.8. The summed E-state index contributed by atoms with van der Waals surface area (Å²) in [4.78, 5) is 0. The van der Waals surface area contributed by atoms with Gasteiger partial charge in [-0.15, -0.1) is 0 Å². The van der Waals surface area contributed by atoms with E-state index in [2.05, 4.69) is 63.7 Å². The quantitative estimate of drug-likeness (QED) is 0.333. The van der Waals surface area contributed by atoms with E-state index >= 15 is 0 Å². The van der Waals surface area contributed by atoms with Crippen LogP contribution in [0.15, 0.2) is 30.0 Å². The van der Waals surface area contributed by atoms with Gasteiger partial charge >= 0.3 is 0 Å². The molecule has 0 fully saturated rings. The molecular weight excluding hydrogens is 616 g/mol. The Bertz CT molecular complexity index is 759. The van der Waals surface area contributed by atoms with E-state index in [1.807, 2.05) is 12.1 Å². The fourth-order valence-corrected chi connectivity index (χ4v) is 4.48. The Morgan fingerprint density at radius 3 is 1.26 bits per heavy atom. The summed E-state index contributed by atoms with van der Waals surface area (Å²) in [7, 11) is 6.39. The Hall–Kier alpha value is -0.480. The first-order valence-corrected chi connectivity index (χ1v) is 10.8. The Kier molecular flexibility index (Phi) is 8.73. The van der Waals surface area contributed by atoms with Crippen LogP contribution in [-0.2, 0) is 18.0 Å². The van der Waals surface area contributed by atoms with Gasteiger partial charge in [-0.05, 0) is 87.0 Å². The fraction of sp³-hybridized carbons (Fsp3) is 0.333. The van der Waals surface area contributed by atoms with Crippen molar-refractivity contribution in [1.82, 2.24) is 0 Å². The number of ether oxygens (including phenoxy) is 5. The van der Waals surface area contributed by atoms with Crippen LogP contribution in [-0.4, -0.2) is 28.4 Å². The minimum absolute atomic E-state index is 0.373. The minimum Gasteiger partial charge on any atom is -0.493 e. The lowest BCUT2D eigenvalue weighted by Crippen LogP contribution is -2.01. The maximum Gasteiger partial charge on any atom is 0.176 e. The third kappa shape index (κ3) is 4.93. The Balaban J connectivity index is 2.22. The molecule has 0 unspecified atom stereocenters. The number of rotatable bonds is 8. The molecule has 27 heavy (non-hydrogen) atoms. The average Bonchev–Trinajstić information content (AvgIpc) is 2.67. The molecule has 2 aromatic rings. The van der Waals surface area contributed by atoms with Gasteiger partial charge in [0.1, 0.15) is 0 Å². The lowest BCUT2D eigenvalue weighted by atomic mass is 10.2. The van der Waals surface area contributed by atoms with Gasteiger partial charge < -0.3 is 23.7 Å². The Morgan fingerprint density at radius 1 is 0.593 bits per heavy atom. The molecule has 0 aromatic heterocycles. The van der Waals surface area contributed by atoms with Gasteiger partial charge in [0.25, 0.3) is 0 Å². The van der Waals surface area contributed by atoms with E-state index in [-0.39, 0.29) is 0 Å². The largest absolute Gasteiger partial charge is 0.493 e. The van der Waals surface area contributed by atoms with E-state index in [0.717, 1.165) is 29.0 Å². The van der Waals surface area contributed by atoms with Crippen LogP contribution in [0.2, 0.25) is 0 Å². The van der Waals surface area contributed by atoms with Crippen LogP contribution in [0.4, 0.5) is 0 Å². The van der Waals surface area contributed by atoms with Crippen LogP contribution in [0.25, 0.3) is 0 Å². The zero-order valence-electron chi connectivity index (χ0n) is 15.1.